The molecule has 0 bridgehead atoms. The summed E-state index contributed by atoms with van der Waals surface area (Å²) in [5.74, 6) is 0. The van der Waals surface area contributed by atoms with Crippen LogP contribution >= 0.6 is 12.2 Å². The van der Waals surface area contributed by atoms with E-state index in [0.29, 0.717) is 0 Å². The smallest absolute Gasteiger partial charge is 0.148 e. The van der Waals surface area contributed by atoms with Crippen LogP contribution in [0.3, 0.4) is 0 Å². The minimum absolute atomic E-state index is 0.184. The van der Waals surface area contributed by atoms with Gasteiger partial charge in [-0.15, -0.1) is 0 Å². The maximum Gasteiger partial charge on any atom is 0.148 e. The predicted octanol–water partition coefficient (Wildman–Crippen LogP) is -0.124. The molecule has 3 heteroatoms. The van der Waals surface area contributed by atoms with E-state index >= 15 is 0 Å². The number of nitrogens with two attached hydrogens (primary N) is 1. The van der Waals surface area contributed by atoms with Crippen LogP contribution in [-0.2, 0) is 4.74 Å². The van der Waals surface area contributed by atoms with E-state index in [1.807, 2.05) is 0 Å². The summed E-state index contributed by atoms with van der Waals surface area (Å²) in [7, 11) is 0. The molecule has 2 N–H and O–H groups in total. The summed E-state index contributed by atoms with van der Waals surface area (Å²) in [4.78, 5) is 0. The highest BCUT2D eigenvalue weighted by Gasteiger charge is 1.56. The van der Waals surface area contributed by atoms with Gasteiger partial charge in [0.1, 0.15) is 12.3 Å². The fourth-order valence-electron chi connectivity index (χ4n) is 0.0393. The van der Waals surface area contributed by atoms with E-state index in [2.05, 4.69) is 17.0 Å². The first-order valence-corrected chi connectivity index (χ1v) is 1.64. The van der Waals surface area contributed by atoms with E-state index in [1.54, 1.807) is 0 Å². The van der Waals surface area contributed by atoms with Gasteiger partial charge in [0, 0.05) is 0 Å². The first kappa shape index (κ1) is 4.85. The number of hydrogen-bond acceptors (Lipinski definition) is 3. The molecule has 30 valence electrons. The lowest BCUT2D eigenvalue weighted by Crippen LogP contribution is -2.00. The van der Waals surface area contributed by atoms with Gasteiger partial charge in [0.15, 0.2) is 0 Å². The van der Waals surface area contributed by atoms with Crippen LogP contribution in [0.5, 0.6) is 0 Å². The molecule has 0 aromatic heterocycles. The summed E-state index contributed by atoms with van der Waals surface area (Å²) in [6.07, 6.45) is 0. The SMILES string of the molecule is NCOC=S. The highest BCUT2D eigenvalue weighted by molar-refractivity contribution is 7.78. The molecule has 0 aromatic carbocycles. The van der Waals surface area contributed by atoms with Gasteiger partial charge in [-0.2, -0.15) is 0 Å². The molecule has 0 atom stereocenters. The van der Waals surface area contributed by atoms with Crippen LogP contribution in [0.1, 0.15) is 0 Å². The molecule has 0 rings (SSSR count). The van der Waals surface area contributed by atoms with Gasteiger partial charge in [-0.1, -0.05) is 0 Å². The highest BCUT2D eigenvalue weighted by atomic mass is 32.1. The maximum absolute atomic E-state index is 4.82. The first-order valence-electron chi connectivity index (χ1n) is 1.17. The van der Waals surface area contributed by atoms with Crippen molar-refractivity contribution in [3.8, 4) is 0 Å². The number of hydrogen-bond donors (Lipinski definition) is 1. The Hall–Kier alpha value is -0.150. The quantitative estimate of drug-likeness (QED) is 0.380. The zero-order valence-corrected chi connectivity index (χ0v) is 3.49. The molecule has 0 aliphatic rings. The second-order valence-corrected chi connectivity index (χ2v) is 0.622. The predicted molar refractivity (Wildman–Crippen MR) is 23.8 cm³/mol. The zero-order valence-electron chi connectivity index (χ0n) is 2.68. The van der Waals surface area contributed by atoms with Gasteiger partial charge < -0.3 is 4.74 Å². The molecule has 0 unspecified atom stereocenters. The van der Waals surface area contributed by atoms with Crippen LogP contribution in [0.4, 0.5) is 0 Å². The van der Waals surface area contributed by atoms with Crippen LogP contribution in [0.25, 0.3) is 0 Å². The van der Waals surface area contributed by atoms with Crippen molar-refractivity contribution >= 4 is 17.8 Å². The second kappa shape index (κ2) is 3.85. The largest absolute Gasteiger partial charge is 0.475 e. The molecule has 2 nitrogen and oxygen atoms in total. The maximum atomic E-state index is 4.82. The molecule has 0 saturated carbocycles. The lowest BCUT2D eigenvalue weighted by molar-refractivity contribution is 0.340. The van der Waals surface area contributed by atoms with Crippen LogP contribution < -0.4 is 5.73 Å². The Kier molecular flexibility index (Phi) is 3.73. The highest BCUT2D eigenvalue weighted by Crippen LogP contribution is 1.51. The van der Waals surface area contributed by atoms with Gasteiger partial charge in [0.2, 0.25) is 0 Å². The Morgan fingerprint density at radius 1 is 2.00 bits per heavy atom. The van der Waals surface area contributed by atoms with E-state index in [4.69, 9.17) is 5.73 Å². The molecule has 0 amide bonds. The van der Waals surface area contributed by atoms with Crippen LogP contribution in [0, 0.1) is 0 Å². The van der Waals surface area contributed by atoms with Crippen molar-refractivity contribution in [3.05, 3.63) is 0 Å². The standard InChI is InChI=1S/C2H5NOS/c3-1-4-2-5/h2H,1,3H2. The fourth-order valence-corrected chi connectivity index (χ4v) is 0.118. The van der Waals surface area contributed by atoms with E-state index < -0.39 is 0 Å². The van der Waals surface area contributed by atoms with Crippen LogP contribution in [-0.4, -0.2) is 12.3 Å². The third-order valence-corrected chi connectivity index (χ3v) is 0.300. The Labute approximate surface area is 35.9 Å². The molecule has 0 saturated heterocycles. The van der Waals surface area contributed by atoms with Crippen LogP contribution in [0.2, 0.25) is 0 Å². The Bertz CT molecular complexity index is 30.8. The lowest BCUT2D eigenvalue weighted by Gasteiger charge is -1.83. The van der Waals surface area contributed by atoms with E-state index in [-0.39, 0.29) is 6.73 Å². The summed E-state index contributed by atoms with van der Waals surface area (Å²) < 4.78 is 4.30. The van der Waals surface area contributed by atoms with Gasteiger partial charge in [0.05, 0.1) is 0 Å². The summed E-state index contributed by atoms with van der Waals surface area (Å²) in [6.45, 7) is 0.184. The van der Waals surface area contributed by atoms with E-state index in [1.165, 1.54) is 0 Å². The molecule has 0 aliphatic carbocycles. The average molecular weight is 91.1 g/mol. The van der Waals surface area contributed by atoms with Gasteiger partial charge >= 0.3 is 0 Å². The Balaban J connectivity index is 2.40. The molecule has 0 radical (unpaired) electrons. The molecular weight excluding hydrogens is 86.1 g/mol. The van der Waals surface area contributed by atoms with Gasteiger partial charge in [-0.05, 0) is 12.2 Å². The summed E-state index contributed by atoms with van der Waals surface area (Å²) >= 11 is 4.22. The normalized spacial score (nSPS) is 6.60. The van der Waals surface area contributed by atoms with Crippen molar-refractivity contribution < 1.29 is 4.74 Å². The van der Waals surface area contributed by atoms with Crippen molar-refractivity contribution in [1.29, 1.82) is 0 Å². The summed E-state index contributed by atoms with van der Waals surface area (Å²) in [6, 6.07) is 0. The molecule has 0 fully saturated rings. The van der Waals surface area contributed by atoms with Crippen LogP contribution in [0.15, 0.2) is 0 Å². The number of thiocarbonyl (C=S) groups is 1. The fraction of sp³-hybridized carbons (Fsp3) is 0.500. The zero-order chi connectivity index (χ0) is 4.12. The summed E-state index contributed by atoms with van der Waals surface area (Å²) in [5.41, 5.74) is 5.96. The molecule has 0 heterocycles. The number of ether oxygens (including phenoxy) is 1. The second-order valence-electron chi connectivity index (χ2n) is 0.430. The van der Waals surface area contributed by atoms with Gasteiger partial charge in [-0.3, -0.25) is 5.73 Å². The first-order chi connectivity index (χ1) is 2.41. The number of rotatable bonds is 2. The van der Waals surface area contributed by atoms with Gasteiger partial charge in [0.25, 0.3) is 0 Å². The molecule has 0 aromatic rings. The minimum atomic E-state index is 0.184. The molecular formula is C2H5NOS. The molecule has 0 spiro atoms. The van der Waals surface area contributed by atoms with Crippen molar-refractivity contribution in [2.75, 3.05) is 6.73 Å². The van der Waals surface area contributed by atoms with E-state index in [9.17, 15) is 0 Å². The Morgan fingerprint density at radius 3 is 2.60 bits per heavy atom. The van der Waals surface area contributed by atoms with Crippen molar-refractivity contribution in [2.45, 2.75) is 0 Å². The minimum Gasteiger partial charge on any atom is -0.475 e. The monoisotopic (exact) mass is 91.0 g/mol. The van der Waals surface area contributed by atoms with E-state index in [0.717, 1.165) is 5.55 Å². The third-order valence-electron chi connectivity index (χ3n) is 0.164. The van der Waals surface area contributed by atoms with Crippen molar-refractivity contribution in [1.82, 2.24) is 0 Å². The Morgan fingerprint density at radius 2 is 2.60 bits per heavy atom. The topological polar surface area (TPSA) is 35.2 Å². The average Bonchev–Trinajstić information content (AvgIpc) is 1.41. The van der Waals surface area contributed by atoms with Crippen molar-refractivity contribution in [2.24, 2.45) is 5.73 Å². The molecule has 0 aliphatic heterocycles. The van der Waals surface area contributed by atoms with Gasteiger partial charge in [-0.25, -0.2) is 0 Å². The lowest BCUT2D eigenvalue weighted by atomic mass is 11.3. The third kappa shape index (κ3) is 3.85. The molecule has 5 heavy (non-hydrogen) atoms. The van der Waals surface area contributed by atoms with Crippen molar-refractivity contribution in [3.63, 3.8) is 0 Å². The summed E-state index contributed by atoms with van der Waals surface area (Å²) in [5, 5.41) is 0.